The smallest absolute Gasteiger partial charge is 0.251 e. The predicted molar refractivity (Wildman–Crippen MR) is 132 cm³/mol. The molecule has 0 N–H and O–H groups in total. The fourth-order valence-electron chi connectivity index (χ4n) is 6.10. The lowest BCUT2D eigenvalue weighted by Gasteiger charge is -2.46. The molecular formula is C27H29N3O2S. The van der Waals surface area contributed by atoms with Crippen molar-refractivity contribution < 1.29 is 9.59 Å². The van der Waals surface area contributed by atoms with Gasteiger partial charge in [-0.1, -0.05) is 18.9 Å². The highest BCUT2D eigenvalue weighted by atomic mass is 32.1. The van der Waals surface area contributed by atoms with E-state index in [0.717, 1.165) is 29.1 Å². The second kappa shape index (κ2) is 8.33. The number of aryl methyl sites for hydroxylation is 1. The topological polar surface area (TPSA) is 53.5 Å². The fourth-order valence-corrected chi connectivity index (χ4v) is 7.17. The van der Waals surface area contributed by atoms with Crippen LogP contribution in [0, 0.1) is 12.8 Å². The van der Waals surface area contributed by atoms with Gasteiger partial charge in [-0.25, -0.2) is 9.88 Å². The molecule has 2 saturated heterocycles. The Kier molecular flexibility index (Phi) is 5.30. The number of likely N-dealkylation sites (tertiary alicyclic amines) is 1. The zero-order valence-corrected chi connectivity index (χ0v) is 19.8. The average Bonchev–Trinajstić information content (AvgIpc) is 3.38. The largest absolute Gasteiger partial charge is 0.288 e. The molecule has 3 aliphatic rings. The van der Waals surface area contributed by atoms with Crippen molar-refractivity contribution >= 4 is 39.1 Å². The van der Waals surface area contributed by atoms with Gasteiger partial charge in [0.2, 0.25) is 5.91 Å². The quantitative estimate of drug-likeness (QED) is 0.481. The first-order valence-corrected chi connectivity index (χ1v) is 13.0. The molecule has 33 heavy (non-hydrogen) atoms. The van der Waals surface area contributed by atoms with Crippen LogP contribution in [0.25, 0.3) is 20.8 Å². The molecule has 1 aliphatic carbocycles. The molecule has 170 valence electrons. The molecule has 1 aromatic heterocycles. The van der Waals surface area contributed by atoms with Gasteiger partial charge in [-0.3, -0.25) is 14.5 Å². The lowest BCUT2D eigenvalue weighted by molar-refractivity contribution is -0.124. The van der Waals surface area contributed by atoms with Crippen LogP contribution in [0.1, 0.15) is 50.5 Å². The molecule has 3 fully saturated rings. The summed E-state index contributed by atoms with van der Waals surface area (Å²) in [5.74, 6) is 0.571. The van der Waals surface area contributed by atoms with Crippen molar-refractivity contribution in [3.8, 4) is 10.6 Å². The van der Waals surface area contributed by atoms with E-state index in [1.807, 2.05) is 24.3 Å². The maximum atomic E-state index is 13.4. The van der Waals surface area contributed by atoms with E-state index in [1.54, 1.807) is 11.3 Å². The number of hydrogen-bond acceptors (Lipinski definition) is 5. The van der Waals surface area contributed by atoms with Gasteiger partial charge in [0.05, 0.1) is 28.4 Å². The van der Waals surface area contributed by atoms with Crippen molar-refractivity contribution in [2.45, 2.75) is 64.0 Å². The first-order valence-electron chi connectivity index (χ1n) is 12.2. The minimum absolute atomic E-state index is 0.0468. The van der Waals surface area contributed by atoms with Crippen molar-refractivity contribution in [2.24, 2.45) is 5.92 Å². The Morgan fingerprint density at radius 1 is 0.970 bits per heavy atom. The zero-order chi connectivity index (χ0) is 22.5. The second-order valence-electron chi connectivity index (χ2n) is 9.82. The van der Waals surface area contributed by atoms with Gasteiger partial charge in [0, 0.05) is 11.6 Å². The van der Waals surface area contributed by atoms with Gasteiger partial charge >= 0.3 is 0 Å². The first kappa shape index (κ1) is 21.0. The van der Waals surface area contributed by atoms with Crippen molar-refractivity contribution in [1.29, 1.82) is 0 Å². The molecular weight excluding hydrogens is 430 g/mol. The van der Waals surface area contributed by atoms with E-state index < -0.39 is 0 Å². The van der Waals surface area contributed by atoms with E-state index in [4.69, 9.17) is 4.98 Å². The van der Waals surface area contributed by atoms with Crippen LogP contribution in [0.3, 0.4) is 0 Å². The Balaban J connectivity index is 1.24. The number of aromatic nitrogens is 1. The van der Waals surface area contributed by atoms with Crippen LogP contribution >= 0.6 is 11.3 Å². The van der Waals surface area contributed by atoms with Crippen LogP contribution in [0.4, 0.5) is 5.69 Å². The van der Waals surface area contributed by atoms with Gasteiger partial charge in [0.1, 0.15) is 5.01 Å². The number of amides is 2. The van der Waals surface area contributed by atoms with E-state index in [-0.39, 0.29) is 17.9 Å². The number of carbonyl (C=O) groups excluding carboxylic acids is 2. The molecule has 6 heteroatoms. The van der Waals surface area contributed by atoms with Crippen LogP contribution in [-0.4, -0.2) is 40.3 Å². The van der Waals surface area contributed by atoms with Gasteiger partial charge in [0.25, 0.3) is 5.91 Å². The molecule has 0 radical (unpaired) electrons. The van der Waals surface area contributed by atoms with Gasteiger partial charge in [-0.2, -0.15) is 0 Å². The zero-order valence-electron chi connectivity index (χ0n) is 19.0. The molecule has 2 amide bonds. The van der Waals surface area contributed by atoms with E-state index in [1.165, 1.54) is 47.3 Å². The highest BCUT2D eigenvalue weighted by Crippen LogP contribution is 2.39. The number of nitrogens with zero attached hydrogens (tertiary/aromatic N) is 3. The Morgan fingerprint density at radius 2 is 1.76 bits per heavy atom. The molecule has 0 unspecified atom stereocenters. The minimum Gasteiger partial charge on any atom is -0.288 e. The number of rotatable bonds is 3. The van der Waals surface area contributed by atoms with Gasteiger partial charge in [-0.05, 0) is 87.0 Å². The van der Waals surface area contributed by atoms with E-state index >= 15 is 0 Å². The molecule has 3 atom stereocenters. The van der Waals surface area contributed by atoms with Crippen LogP contribution in [0.15, 0.2) is 42.5 Å². The molecule has 1 saturated carbocycles. The predicted octanol–water partition coefficient (Wildman–Crippen LogP) is 5.56. The third kappa shape index (κ3) is 3.69. The summed E-state index contributed by atoms with van der Waals surface area (Å²) >= 11 is 1.67. The summed E-state index contributed by atoms with van der Waals surface area (Å²) in [6, 6.07) is 14.2. The number of carbonyl (C=O) groups is 2. The molecule has 0 spiro atoms. The van der Waals surface area contributed by atoms with Crippen molar-refractivity contribution in [1.82, 2.24) is 9.88 Å². The lowest BCUT2D eigenvalue weighted by atomic mass is 9.77. The number of thiazole rings is 1. The van der Waals surface area contributed by atoms with Crippen molar-refractivity contribution in [2.75, 3.05) is 11.4 Å². The van der Waals surface area contributed by atoms with Crippen LogP contribution < -0.4 is 4.90 Å². The van der Waals surface area contributed by atoms with Crippen molar-refractivity contribution in [3.63, 3.8) is 0 Å². The highest BCUT2D eigenvalue weighted by molar-refractivity contribution is 7.21. The van der Waals surface area contributed by atoms with E-state index in [2.05, 4.69) is 30.0 Å². The third-order valence-corrected chi connectivity index (χ3v) is 8.79. The monoisotopic (exact) mass is 459 g/mol. The minimum atomic E-state index is -0.296. The van der Waals surface area contributed by atoms with E-state index in [9.17, 15) is 9.59 Å². The number of hydrogen-bond donors (Lipinski definition) is 0. The average molecular weight is 460 g/mol. The maximum absolute atomic E-state index is 13.4. The van der Waals surface area contributed by atoms with Crippen molar-refractivity contribution in [3.05, 3.63) is 48.0 Å². The van der Waals surface area contributed by atoms with Crippen LogP contribution in [0.2, 0.25) is 0 Å². The molecule has 0 bridgehead atoms. The summed E-state index contributed by atoms with van der Waals surface area (Å²) in [4.78, 5) is 35.0. The Morgan fingerprint density at radius 3 is 2.61 bits per heavy atom. The number of fused-ring (bicyclic) bond motifs is 2. The SMILES string of the molecule is Cc1ccc2nc(-c3ccc(N4C(=O)C[C@H](N5CCC[C@@H]6CCCC[C@H]65)C4=O)cc3)sc2c1. The normalized spacial score (nSPS) is 26.2. The standard InChI is InChI=1S/C27H29N3O2S/c1-17-8-13-21-24(15-17)33-26(28-21)19-9-11-20(12-10-19)30-25(31)16-23(27(30)32)29-14-4-6-18-5-2-3-7-22(18)29/h8-13,15,18,22-23H,2-7,14,16H2,1H3/t18-,22+,23-/m0/s1. The lowest BCUT2D eigenvalue weighted by Crippen LogP contribution is -2.54. The van der Waals surface area contributed by atoms with Crippen LogP contribution in [0.5, 0.6) is 0 Å². The molecule has 3 heterocycles. The Labute approximate surface area is 198 Å². The molecule has 2 aliphatic heterocycles. The summed E-state index contributed by atoms with van der Waals surface area (Å²) in [6.45, 7) is 3.03. The number of piperidine rings is 1. The van der Waals surface area contributed by atoms with E-state index in [0.29, 0.717) is 24.1 Å². The summed E-state index contributed by atoms with van der Waals surface area (Å²) < 4.78 is 1.17. The molecule has 2 aromatic carbocycles. The summed E-state index contributed by atoms with van der Waals surface area (Å²) in [5.41, 5.74) is 3.90. The Bertz CT molecular complexity index is 1220. The maximum Gasteiger partial charge on any atom is 0.251 e. The van der Waals surface area contributed by atoms with Gasteiger partial charge in [-0.15, -0.1) is 11.3 Å². The molecule has 5 nitrogen and oxygen atoms in total. The summed E-state index contributed by atoms with van der Waals surface area (Å²) in [5, 5.41) is 0.954. The number of imide groups is 1. The van der Waals surface area contributed by atoms with Gasteiger partial charge < -0.3 is 0 Å². The summed E-state index contributed by atoms with van der Waals surface area (Å²) in [7, 11) is 0. The summed E-state index contributed by atoms with van der Waals surface area (Å²) in [6.07, 6.45) is 7.69. The molecule has 3 aromatic rings. The third-order valence-electron chi connectivity index (χ3n) is 7.73. The van der Waals surface area contributed by atoms with Gasteiger partial charge in [0.15, 0.2) is 0 Å². The van der Waals surface area contributed by atoms with Crippen LogP contribution in [-0.2, 0) is 9.59 Å². The second-order valence-corrected chi connectivity index (χ2v) is 10.8. The first-order chi connectivity index (χ1) is 16.1. The Hall–Kier alpha value is -2.57. The number of anilines is 1. The fraction of sp³-hybridized carbons (Fsp3) is 0.444. The number of benzene rings is 2. The highest BCUT2D eigenvalue weighted by Gasteiger charge is 2.47. The molecule has 6 rings (SSSR count).